The second kappa shape index (κ2) is 4.58. The molecule has 1 aliphatic rings. The van der Waals surface area contributed by atoms with Crippen LogP contribution in [0.5, 0.6) is 0 Å². The van der Waals surface area contributed by atoms with E-state index in [9.17, 15) is 13.2 Å². The molecule has 1 amide bonds. The number of nitrogens with two attached hydrogens (primary N) is 2. The molecule has 0 radical (unpaired) electrons. The third-order valence-corrected chi connectivity index (χ3v) is 4.90. The summed E-state index contributed by atoms with van der Waals surface area (Å²) in [5.41, 5.74) is 11.2. The molecule has 4 N–H and O–H groups in total. The highest BCUT2D eigenvalue weighted by Gasteiger charge is 2.38. The lowest BCUT2D eigenvalue weighted by atomic mass is 10.2. The second-order valence-electron chi connectivity index (χ2n) is 4.25. The van der Waals surface area contributed by atoms with Gasteiger partial charge in [-0.15, -0.1) is 0 Å². The SMILES string of the molecule is NC(=O)C1CCCN1S(=O)(=O)c1cccc(N)c1. The molecule has 0 bridgehead atoms. The summed E-state index contributed by atoms with van der Waals surface area (Å²) in [7, 11) is -3.70. The van der Waals surface area contributed by atoms with E-state index in [1.54, 1.807) is 12.1 Å². The van der Waals surface area contributed by atoms with Crippen LogP contribution in [0.1, 0.15) is 12.8 Å². The van der Waals surface area contributed by atoms with Gasteiger partial charge in [0.2, 0.25) is 15.9 Å². The molecule has 1 unspecified atom stereocenters. The van der Waals surface area contributed by atoms with Crippen LogP contribution in [-0.4, -0.2) is 31.2 Å². The van der Waals surface area contributed by atoms with Crippen molar-refractivity contribution in [1.82, 2.24) is 4.31 Å². The van der Waals surface area contributed by atoms with Crippen molar-refractivity contribution in [3.63, 3.8) is 0 Å². The molecule has 1 heterocycles. The fourth-order valence-electron chi connectivity index (χ4n) is 2.12. The number of carbonyl (C=O) groups excluding carboxylic acids is 1. The lowest BCUT2D eigenvalue weighted by Crippen LogP contribution is -2.43. The summed E-state index contributed by atoms with van der Waals surface area (Å²) in [4.78, 5) is 11.3. The van der Waals surface area contributed by atoms with Gasteiger partial charge in [0.15, 0.2) is 0 Å². The van der Waals surface area contributed by atoms with Crippen LogP contribution < -0.4 is 11.5 Å². The summed E-state index contributed by atoms with van der Waals surface area (Å²) < 4.78 is 25.9. The van der Waals surface area contributed by atoms with Crippen molar-refractivity contribution in [3.05, 3.63) is 24.3 Å². The number of carbonyl (C=O) groups is 1. The molecule has 2 rings (SSSR count). The number of nitrogen functional groups attached to an aromatic ring is 1. The summed E-state index contributed by atoms with van der Waals surface area (Å²) in [5.74, 6) is -0.611. The predicted molar refractivity (Wildman–Crippen MR) is 67.0 cm³/mol. The molecule has 1 aliphatic heterocycles. The highest BCUT2D eigenvalue weighted by atomic mass is 32.2. The molecule has 0 spiro atoms. The van der Waals surface area contributed by atoms with Crippen molar-refractivity contribution in [2.45, 2.75) is 23.8 Å². The second-order valence-corrected chi connectivity index (χ2v) is 6.14. The Labute approximate surface area is 106 Å². The Bertz CT molecular complexity index is 571. The van der Waals surface area contributed by atoms with Gasteiger partial charge in [0.05, 0.1) is 4.90 Å². The summed E-state index contributed by atoms with van der Waals surface area (Å²) in [6, 6.07) is 5.26. The van der Waals surface area contributed by atoms with Crippen LogP contribution >= 0.6 is 0 Å². The molecule has 1 aromatic rings. The Hall–Kier alpha value is -1.60. The van der Waals surface area contributed by atoms with E-state index in [-0.39, 0.29) is 4.90 Å². The Balaban J connectivity index is 2.40. The first kappa shape index (κ1) is 12.8. The Kier molecular flexibility index (Phi) is 3.27. The normalized spacial score (nSPS) is 21.0. The molecule has 1 atom stereocenters. The summed E-state index contributed by atoms with van der Waals surface area (Å²) in [6.45, 7) is 0.310. The van der Waals surface area contributed by atoms with Gasteiger partial charge in [0, 0.05) is 12.2 Å². The lowest BCUT2D eigenvalue weighted by molar-refractivity contribution is -0.121. The fraction of sp³-hybridized carbons (Fsp3) is 0.364. The monoisotopic (exact) mass is 269 g/mol. The Morgan fingerprint density at radius 3 is 2.72 bits per heavy atom. The molecule has 6 nitrogen and oxygen atoms in total. The van der Waals surface area contributed by atoms with Crippen molar-refractivity contribution in [3.8, 4) is 0 Å². The van der Waals surface area contributed by atoms with E-state index >= 15 is 0 Å². The minimum absolute atomic E-state index is 0.0932. The van der Waals surface area contributed by atoms with Crippen molar-refractivity contribution < 1.29 is 13.2 Å². The van der Waals surface area contributed by atoms with Crippen molar-refractivity contribution in [2.24, 2.45) is 5.73 Å². The third-order valence-electron chi connectivity index (χ3n) is 3.00. The van der Waals surface area contributed by atoms with Crippen molar-refractivity contribution >= 4 is 21.6 Å². The van der Waals surface area contributed by atoms with Crippen LogP contribution in [0, 0.1) is 0 Å². The Morgan fingerprint density at radius 2 is 2.11 bits per heavy atom. The zero-order valence-electron chi connectivity index (χ0n) is 9.74. The van der Waals surface area contributed by atoms with E-state index in [1.165, 1.54) is 12.1 Å². The fourth-order valence-corrected chi connectivity index (χ4v) is 3.84. The number of amides is 1. The predicted octanol–water partition coefficient (Wildman–Crippen LogP) is -0.0928. The number of hydrogen-bond acceptors (Lipinski definition) is 4. The number of rotatable bonds is 3. The molecule has 98 valence electrons. The summed E-state index contributed by atoms with van der Waals surface area (Å²) in [5, 5.41) is 0. The standard InChI is InChI=1S/C11H15N3O3S/c12-8-3-1-4-9(7-8)18(16,17)14-6-2-5-10(14)11(13)15/h1,3-4,7,10H,2,5-6,12H2,(H2,13,15). The topological polar surface area (TPSA) is 106 Å². The molecular formula is C11H15N3O3S. The van der Waals surface area contributed by atoms with Crippen LogP contribution in [0.3, 0.4) is 0 Å². The van der Waals surface area contributed by atoms with E-state index in [4.69, 9.17) is 11.5 Å². The van der Waals surface area contributed by atoms with Gasteiger partial charge >= 0.3 is 0 Å². The van der Waals surface area contributed by atoms with Crippen LogP contribution in [0.25, 0.3) is 0 Å². The average molecular weight is 269 g/mol. The van der Waals surface area contributed by atoms with Crippen LogP contribution in [-0.2, 0) is 14.8 Å². The number of benzene rings is 1. The Morgan fingerprint density at radius 1 is 1.39 bits per heavy atom. The molecule has 0 aliphatic carbocycles. The zero-order chi connectivity index (χ0) is 13.3. The quantitative estimate of drug-likeness (QED) is 0.747. The van der Waals surface area contributed by atoms with E-state index in [0.29, 0.717) is 25.1 Å². The molecule has 0 saturated carbocycles. The number of nitrogens with zero attached hydrogens (tertiary/aromatic N) is 1. The van der Waals surface area contributed by atoms with E-state index < -0.39 is 22.0 Å². The van der Waals surface area contributed by atoms with Gasteiger partial charge in [-0.05, 0) is 31.0 Å². The third kappa shape index (κ3) is 2.19. The lowest BCUT2D eigenvalue weighted by Gasteiger charge is -2.21. The average Bonchev–Trinajstić information content (AvgIpc) is 2.78. The summed E-state index contributed by atoms with van der Waals surface area (Å²) in [6.07, 6.45) is 1.10. The maximum Gasteiger partial charge on any atom is 0.243 e. The van der Waals surface area contributed by atoms with Crippen LogP contribution in [0.15, 0.2) is 29.2 Å². The molecular weight excluding hydrogens is 254 g/mol. The van der Waals surface area contributed by atoms with Gasteiger partial charge < -0.3 is 11.5 Å². The maximum atomic E-state index is 12.4. The highest BCUT2D eigenvalue weighted by Crippen LogP contribution is 2.26. The summed E-state index contributed by atoms with van der Waals surface area (Å²) >= 11 is 0. The van der Waals surface area contributed by atoms with Gasteiger partial charge in [0.1, 0.15) is 6.04 Å². The number of primary amides is 1. The highest BCUT2D eigenvalue weighted by molar-refractivity contribution is 7.89. The molecule has 1 saturated heterocycles. The molecule has 1 aromatic carbocycles. The largest absolute Gasteiger partial charge is 0.399 e. The minimum atomic E-state index is -3.70. The van der Waals surface area contributed by atoms with E-state index in [1.807, 2.05) is 0 Å². The number of hydrogen-bond donors (Lipinski definition) is 2. The smallest absolute Gasteiger partial charge is 0.243 e. The molecule has 7 heteroatoms. The van der Waals surface area contributed by atoms with Crippen LogP contribution in [0.2, 0.25) is 0 Å². The maximum absolute atomic E-state index is 12.4. The van der Waals surface area contributed by atoms with E-state index in [0.717, 1.165) is 4.31 Å². The first-order valence-electron chi connectivity index (χ1n) is 5.59. The van der Waals surface area contributed by atoms with Crippen molar-refractivity contribution in [2.75, 3.05) is 12.3 Å². The van der Waals surface area contributed by atoms with E-state index in [2.05, 4.69) is 0 Å². The van der Waals surface area contributed by atoms with Crippen LogP contribution in [0.4, 0.5) is 5.69 Å². The first-order valence-corrected chi connectivity index (χ1v) is 7.03. The minimum Gasteiger partial charge on any atom is -0.399 e. The molecule has 18 heavy (non-hydrogen) atoms. The van der Waals surface area contributed by atoms with Gasteiger partial charge in [-0.3, -0.25) is 4.79 Å². The molecule has 1 fully saturated rings. The molecule has 0 aromatic heterocycles. The zero-order valence-corrected chi connectivity index (χ0v) is 10.6. The van der Waals surface area contributed by atoms with Gasteiger partial charge in [0.25, 0.3) is 0 Å². The van der Waals surface area contributed by atoms with Gasteiger partial charge in [-0.1, -0.05) is 6.07 Å². The van der Waals surface area contributed by atoms with Gasteiger partial charge in [-0.2, -0.15) is 4.31 Å². The first-order chi connectivity index (χ1) is 8.43. The number of sulfonamides is 1. The van der Waals surface area contributed by atoms with Crippen molar-refractivity contribution in [1.29, 1.82) is 0 Å². The number of anilines is 1. The van der Waals surface area contributed by atoms with Gasteiger partial charge in [-0.25, -0.2) is 8.42 Å².